The Morgan fingerprint density at radius 2 is 1.89 bits per heavy atom. The first kappa shape index (κ1) is 14.1. The van der Waals surface area contributed by atoms with Gasteiger partial charge in [0, 0.05) is 25.2 Å². The molecule has 0 radical (unpaired) electrons. The van der Waals surface area contributed by atoms with Crippen molar-refractivity contribution in [1.29, 1.82) is 0 Å². The fourth-order valence-corrected chi connectivity index (χ4v) is 2.64. The third kappa shape index (κ3) is 3.17. The fraction of sp³-hybridized carbons (Fsp3) is 0.733. The van der Waals surface area contributed by atoms with Crippen molar-refractivity contribution >= 4 is 11.6 Å². The molecule has 106 valence electrons. The van der Waals surface area contributed by atoms with Crippen molar-refractivity contribution in [3.8, 4) is 0 Å². The molecule has 1 saturated heterocycles. The van der Waals surface area contributed by atoms with Crippen LogP contribution < -0.4 is 10.2 Å². The van der Waals surface area contributed by atoms with Gasteiger partial charge in [-0.2, -0.15) is 0 Å². The summed E-state index contributed by atoms with van der Waals surface area (Å²) in [5.41, 5.74) is 1.73. The first-order chi connectivity index (χ1) is 9.07. The highest BCUT2D eigenvalue weighted by Crippen LogP contribution is 2.33. The Kier molecular flexibility index (Phi) is 4.27. The summed E-state index contributed by atoms with van der Waals surface area (Å²) in [5.74, 6) is 2.13. The predicted octanol–water partition coefficient (Wildman–Crippen LogP) is 3.10. The van der Waals surface area contributed by atoms with Crippen LogP contribution in [0.5, 0.6) is 0 Å². The van der Waals surface area contributed by atoms with Gasteiger partial charge in [-0.3, -0.25) is 0 Å². The number of nitrogens with one attached hydrogen (secondary N) is 1. The van der Waals surface area contributed by atoms with Gasteiger partial charge in [0.25, 0.3) is 0 Å². The molecule has 1 N–H and O–H groups in total. The van der Waals surface area contributed by atoms with Gasteiger partial charge in [-0.05, 0) is 31.6 Å². The van der Waals surface area contributed by atoms with E-state index in [-0.39, 0.29) is 0 Å². The van der Waals surface area contributed by atoms with Gasteiger partial charge in [0.05, 0.1) is 0 Å². The molecule has 1 aliphatic rings. The summed E-state index contributed by atoms with van der Waals surface area (Å²) in [6, 6.07) is 0. The van der Waals surface area contributed by atoms with E-state index in [1.807, 2.05) is 0 Å². The number of rotatable bonds is 4. The van der Waals surface area contributed by atoms with Crippen LogP contribution in [0.25, 0.3) is 0 Å². The molecule has 0 spiro atoms. The van der Waals surface area contributed by atoms with Crippen molar-refractivity contribution < 1.29 is 0 Å². The molecule has 1 aromatic heterocycles. The van der Waals surface area contributed by atoms with Gasteiger partial charge >= 0.3 is 0 Å². The third-order valence-electron chi connectivity index (χ3n) is 4.04. The number of nitrogens with zero attached hydrogens (tertiary/aromatic N) is 3. The monoisotopic (exact) mass is 262 g/mol. The molecule has 0 aliphatic carbocycles. The second-order valence-corrected chi connectivity index (χ2v) is 6.06. The maximum atomic E-state index is 4.54. The Morgan fingerprint density at radius 1 is 1.21 bits per heavy atom. The van der Waals surface area contributed by atoms with E-state index in [2.05, 4.69) is 47.9 Å². The van der Waals surface area contributed by atoms with Crippen LogP contribution in [0.3, 0.4) is 0 Å². The van der Waals surface area contributed by atoms with E-state index in [0.717, 1.165) is 37.7 Å². The lowest BCUT2D eigenvalue weighted by Crippen LogP contribution is -2.38. The van der Waals surface area contributed by atoms with Crippen LogP contribution in [-0.2, 0) is 6.42 Å². The maximum Gasteiger partial charge on any atom is 0.137 e. The summed E-state index contributed by atoms with van der Waals surface area (Å²) in [6.07, 6.45) is 5.12. The molecule has 0 saturated carbocycles. The van der Waals surface area contributed by atoms with E-state index in [0.29, 0.717) is 5.41 Å². The highest BCUT2D eigenvalue weighted by Gasteiger charge is 2.27. The van der Waals surface area contributed by atoms with Gasteiger partial charge in [0.15, 0.2) is 0 Å². The van der Waals surface area contributed by atoms with E-state index >= 15 is 0 Å². The molecule has 0 aromatic carbocycles. The summed E-state index contributed by atoms with van der Waals surface area (Å²) in [6.45, 7) is 12.1. The second kappa shape index (κ2) is 5.76. The standard InChI is InChI=1S/C15H26N4/c1-5-12-13(16-6-2)17-11-18-14(12)19-9-7-15(3,4)8-10-19/h11H,5-10H2,1-4H3,(H,16,17,18). The molecule has 4 heteroatoms. The Morgan fingerprint density at radius 3 is 2.47 bits per heavy atom. The topological polar surface area (TPSA) is 41.1 Å². The number of hydrogen-bond acceptors (Lipinski definition) is 4. The van der Waals surface area contributed by atoms with Crippen LogP contribution in [0.1, 0.15) is 46.1 Å². The quantitative estimate of drug-likeness (QED) is 0.905. The van der Waals surface area contributed by atoms with Crippen molar-refractivity contribution in [2.45, 2.75) is 47.0 Å². The van der Waals surface area contributed by atoms with Crippen molar-refractivity contribution in [2.75, 3.05) is 29.9 Å². The zero-order valence-electron chi connectivity index (χ0n) is 12.7. The van der Waals surface area contributed by atoms with E-state index in [4.69, 9.17) is 0 Å². The van der Waals surface area contributed by atoms with Crippen molar-refractivity contribution in [3.05, 3.63) is 11.9 Å². The zero-order valence-corrected chi connectivity index (χ0v) is 12.7. The minimum Gasteiger partial charge on any atom is -0.370 e. The van der Waals surface area contributed by atoms with Crippen molar-refractivity contribution in [3.63, 3.8) is 0 Å². The lowest BCUT2D eigenvalue weighted by Gasteiger charge is -2.38. The van der Waals surface area contributed by atoms with Gasteiger partial charge in [-0.1, -0.05) is 20.8 Å². The molecule has 0 bridgehead atoms. The minimum atomic E-state index is 0.473. The van der Waals surface area contributed by atoms with E-state index in [1.165, 1.54) is 18.4 Å². The first-order valence-corrected chi connectivity index (χ1v) is 7.40. The summed E-state index contributed by atoms with van der Waals surface area (Å²) in [7, 11) is 0. The van der Waals surface area contributed by atoms with Gasteiger partial charge < -0.3 is 10.2 Å². The molecule has 0 unspecified atom stereocenters. The molecule has 1 aliphatic heterocycles. The van der Waals surface area contributed by atoms with Gasteiger partial charge in [0.1, 0.15) is 18.0 Å². The lowest BCUT2D eigenvalue weighted by molar-refractivity contribution is 0.279. The molecule has 2 heterocycles. The lowest BCUT2D eigenvalue weighted by atomic mass is 9.82. The van der Waals surface area contributed by atoms with E-state index < -0.39 is 0 Å². The number of aromatic nitrogens is 2. The molecule has 4 nitrogen and oxygen atoms in total. The van der Waals surface area contributed by atoms with Gasteiger partial charge in [-0.25, -0.2) is 9.97 Å². The van der Waals surface area contributed by atoms with Crippen LogP contribution in [0.15, 0.2) is 6.33 Å². The van der Waals surface area contributed by atoms with E-state index in [1.54, 1.807) is 6.33 Å². The maximum absolute atomic E-state index is 4.54. The Labute approximate surface area is 116 Å². The fourth-order valence-electron chi connectivity index (χ4n) is 2.64. The van der Waals surface area contributed by atoms with Gasteiger partial charge in [-0.15, -0.1) is 0 Å². The number of piperidine rings is 1. The molecule has 0 amide bonds. The van der Waals surface area contributed by atoms with Crippen LogP contribution >= 0.6 is 0 Å². The van der Waals surface area contributed by atoms with Crippen LogP contribution in [0, 0.1) is 5.41 Å². The third-order valence-corrected chi connectivity index (χ3v) is 4.04. The van der Waals surface area contributed by atoms with Crippen LogP contribution in [0.2, 0.25) is 0 Å². The largest absolute Gasteiger partial charge is 0.370 e. The van der Waals surface area contributed by atoms with Gasteiger partial charge in [0.2, 0.25) is 0 Å². The number of anilines is 2. The second-order valence-electron chi connectivity index (χ2n) is 6.06. The highest BCUT2D eigenvalue weighted by atomic mass is 15.2. The Hall–Kier alpha value is -1.32. The number of hydrogen-bond donors (Lipinski definition) is 1. The van der Waals surface area contributed by atoms with Crippen LogP contribution in [0.4, 0.5) is 11.6 Å². The predicted molar refractivity (Wildman–Crippen MR) is 80.8 cm³/mol. The molecule has 0 atom stereocenters. The Bertz CT molecular complexity index is 418. The first-order valence-electron chi connectivity index (χ1n) is 7.40. The minimum absolute atomic E-state index is 0.473. The average molecular weight is 262 g/mol. The molecule has 1 aromatic rings. The summed E-state index contributed by atoms with van der Waals surface area (Å²) >= 11 is 0. The Balaban J connectivity index is 2.22. The zero-order chi connectivity index (χ0) is 13.9. The highest BCUT2D eigenvalue weighted by molar-refractivity contribution is 5.59. The van der Waals surface area contributed by atoms with E-state index in [9.17, 15) is 0 Å². The summed E-state index contributed by atoms with van der Waals surface area (Å²) in [5, 5.41) is 3.35. The molecule has 19 heavy (non-hydrogen) atoms. The van der Waals surface area contributed by atoms with Crippen molar-refractivity contribution in [1.82, 2.24) is 9.97 Å². The summed E-state index contributed by atoms with van der Waals surface area (Å²) in [4.78, 5) is 11.3. The summed E-state index contributed by atoms with van der Waals surface area (Å²) < 4.78 is 0. The molecular weight excluding hydrogens is 236 g/mol. The normalized spacial score (nSPS) is 18.4. The molecular formula is C15H26N4. The smallest absolute Gasteiger partial charge is 0.137 e. The molecule has 2 rings (SSSR count). The SMILES string of the molecule is CCNc1ncnc(N2CCC(C)(C)CC2)c1CC. The molecule has 1 fully saturated rings. The van der Waals surface area contributed by atoms with Crippen LogP contribution in [-0.4, -0.2) is 29.6 Å². The van der Waals surface area contributed by atoms with Crippen molar-refractivity contribution in [2.24, 2.45) is 5.41 Å². The average Bonchev–Trinajstić information content (AvgIpc) is 2.39.